The standard InChI is InChI=1S/C28H31N3O3/c1-19-16-23-26(17-20(19)2)34-18-21(28(23)33)6-3-4-11-30-12-14-31(15-13-30)25-8-5-7-24-22(25)9-10-27(32)29-24/h5,7-10,16-18H,3-4,6,11-15H2,1-2H3,(H,29,32). The van der Waals surface area contributed by atoms with E-state index in [2.05, 4.69) is 20.9 Å². The fraction of sp³-hybridized carbons (Fsp3) is 0.357. The highest BCUT2D eigenvalue weighted by Crippen LogP contribution is 2.26. The summed E-state index contributed by atoms with van der Waals surface area (Å²) < 4.78 is 5.76. The molecular formula is C28H31N3O3. The monoisotopic (exact) mass is 457 g/mol. The number of aryl methyl sites for hydroxylation is 3. The number of nitrogens with zero attached hydrogens (tertiary/aromatic N) is 2. The van der Waals surface area contributed by atoms with Crippen LogP contribution >= 0.6 is 0 Å². The molecule has 5 rings (SSSR count). The van der Waals surface area contributed by atoms with E-state index in [1.165, 1.54) is 5.69 Å². The molecule has 1 aliphatic rings. The molecule has 6 heteroatoms. The molecule has 0 amide bonds. The zero-order valence-corrected chi connectivity index (χ0v) is 19.9. The van der Waals surface area contributed by atoms with Crippen LogP contribution < -0.4 is 15.9 Å². The minimum atomic E-state index is -0.0684. The van der Waals surface area contributed by atoms with Crippen molar-refractivity contribution in [3.05, 3.63) is 86.0 Å². The minimum Gasteiger partial charge on any atom is -0.464 e. The Morgan fingerprint density at radius 3 is 2.53 bits per heavy atom. The molecule has 6 nitrogen and oxygen atoms in total. The van der Waals surface area contributed by atoms with Crippen molar-refractivity contribution in [1.82, 2.24) is 9.88 Å². The largest absolute Gasteiger partial charge is 0.464 e. The molecule has 0 unspecified atom stereocenters. The third-order valence-electron chi connectivity index (χ3n) is 7.09. The molecule has 0 atom stereocenters. The first-order valence-corrected chi connectivity index (χ1v) is 12.1. The van der Waals surface area contributed by atoms with Crippen LogP contribution in [0.2, 0.25) is 0 Å². The van der Waals surface area contributed by atoms with Crippen molar-refractivity contribution in [2.75, 3.05) is 37.6 Å². The van der Waals surface area contributed by atoms with Gasteiger partial charge in [-0.05, 0) is 81.1 Å². The Kier molecular flexibility index (Phi) is 6.24. The van der Waals surface area contributed by atoms with Crippen LogP contribution in [-0.2, 0) is 6.42 Å². The molecule has 0 spiro atoms. The number of fused-ring (bicyclic) bond motifs is 2. The van der Waals surface area contributed by atoms with Crippen LogP contribution in [0.25, 0.3) is 21.9 Å². The second-order valence-corrected chi connectivity index (χ2v) is 9.37. The third-order valence-corrected chi connectivity index (χ3v) is 7.09. The molecule has 1 fully saturated rings. The lowest BCUT2D eigenvalue weighted by molar-refractivity contribution is 0.253. The molecule has 34 heavy (non-hydrogen) atoms. The lowest BCUT2D eigenvalue weighted by Gasteiger charge is -2.36. The van der Waals surface area contributed by atoms with Gasteiger partial charge in [-0.15, -0.1) is 0 Å². The predicted octanol–water partition coefficient (Wildman–Crippen LogP) is 4.40. The summed E-state index contributed by atoms with van der Waals surface area (Å²) in [5, 5.41) is 1.78. The number of aromatic nitrogens is 1. The molecule has 1 N–H and O–H groups in total. The van der Waals surface area contributed by atoms with Gasteiger partial charge in [-0.1, -0.05) is 6.07 Å². The van der Waals surface area contributed by atoms with E-state index in [1.807, 2.05) is 44.2 Å². The van der Waals surface area contributed by atoms with Gasteiger partial charge in [0.05, 0.1) is 17.2 Å². The summed E-state index contributed by atoms with van der Waals surface area (Å²) in [6.07, 6.45) is 4.42. The number of unbranched alkanes of at least 4 members (excludes halogenated alkanes) is 1. The maximum Gasteiger partial charge on any atom is 0.248 e. The third kappa shape index (κ3) is 4.50. The highest BCUT2D eigenvalue weighted by Gasteiger charge is 2.18. The molecule has 0 aliphatic carbocycles. The number of nitrogens with one attached hydrogen (secondary N) is 1. The van der Waals surface area contributed by atoms with Gasteiger partial charge in [-0.25, -0.2) is 0 Å². The van der Waals surface area contributed by atoms with Crippen molar-refractivity contribution < 1.29 is 4.42 Å². The van der Waals surface area contributed by atoms with Crippen molar-refractivity contribution in [3.8, 4) is 0 Å². The fourth-order valence-corrected chi connectivity index (χ4v) is 4.91. The van der Waals surface area contributed by atoms with Crippen molar-refractivity contribution >= 4 is 27.6 Å². The van der Waals surface area contributed by atoms with Gasteiger partial charge in [-0.3, -0.25) is 14.5 Å². The lowest BCUT2D eigenvalue weighted by Crippen LogP contribution is -2.46. The van der Waals surface area contributed by atoms with Crippen molar-refractivity contribution in [3.63, 3.8) is 0 Å². The molecule has 1 aliphatic heterocycles. The summed E-state index contributed by atoms with van der Waals surface area (Å²) in [7, 11) is 0. The van der Waals surface area contributed by atoms with Gasteiger partial charge in [0.1, 0.15) is 5.58 Å². The fourth-order valence-electron chi connectivity index (χ4n) is 4.91. The van der Waals surface area contributed by atoms with Gasteiger partial charge in [0.25, 0.3) is 0 Å². The summed E-state index contributed by atoms with van der Waals surface area (Å²) >= 11 is 0. The maximum absolute atomic E-state index is 12.9. The smallest absolute Gasteiger partial charge is 0.248 e. The molecule has 2 aromatic carbocycles. The van der Waals surface area contributed by atoms with Gasteiger partial charge < -0.3 is 14.3 Å². The van der Waals surface area contributed by atoms with Crippen molar-refractivity contribution in [2.45, 2.75) is 33.1 Å². The van der Waals surface area contributed by atoms with Crippen LogP contribution in [0.5, 0.6) is 0 Å². The molecule has 0 saturated carbocycles. The van der Waals surface area contributed by atoms with E-state index in [4.69, 9.17) is 4.42 Å². The zero-order chi connectivity index (χ0) is 23.7. The molecular weight excluding hydrogens is 426 g/mol. The summed E-state index contributed by atoms with van der Waals surface area (Å²) in [4.78, 5) is 32.3. The lowest BCUT2D eigenvalue weighted by atomic mass is 10.0. The van der Waals surface area contributed by atoms with Crippen molar-refractivity contribution in [2.24, 2.45) is 0 Å². The van der Waals surface area contributed by atoms with E-state index in [9.17, 15) is 9.59 Å². The Morgan fingerprint density at radius 1 is 0.912 bits per heavy atom. The summed E-state index contributed by atoms with van der Waals surface area (Å²) in [6.45, 7) is 9.05. The quantitative estimate of drug-likeness (QED) is 0.435. The van der Waals surface area contributed by atoms with Gasteiger partial charge >= 0.3 is 0 Å². The average molecular weight is 458 g/mol. The van der Waals surface area contributed by atoms with E-state index >= 15 is 0 Å². The first kappa shape index (κ1) is 22.4. The van der Waals surface area contributed by atoms with Crippen LogP contribution in [0.4, 0.5) is 5.69 Å². The molecule has 176 valence electrons. The summed E-state index contributed by atoms with van der Waals surface area (Å²) in [5.74, 6) is 0. The Hall–Kier alpha value is -3.38. The Labute approximate surface area is 198 Å². The van der Waals surface area contributed by atoms with Gasteiger partial charge in [-0.2, -0.15) is 0 Å². The summed E-state index contributed by atoms with van der Waals surface area (Å²) in [5.41, 5.74) is 5.81. The second-order valence-electron chi connectivity index (χ2n) is 9.37. The zero-order valence-electron chi connectivity index (χ0n) is 19.9. The number of aromatic amines is 1. The van der Waals surface area contributed by atoms with Gasteiger partial charge in [0, 0.05) is 48.9 Å². The molecule has 0 bridgehead atoms. The Morgan fingerprint density at radius 2 is 1.71 bits per heavy atom. The number of anilines is 1. The van der Waals surface area contributed by atoms with E-state index < -0.39 is 0 Å². The highest BCUT2D eigenvalue weighted by molar-refractivity contribution is 5.91. The van der Waals surface area contributed by atoms with Crippen LogP contribution in [0.15, 0.2) is 62.7 Å². The minimum absolute atomic E-state index is 0.0684. The number of hydrogen-bond donors (Lipinski definition) is 1. The Bertz CT molecular complexity index is 1450. The number of piperazine rings is 1. The van der Waals surface area contributed by atoms with Gasteiger partial charge in [0.2, 0.25) is 5.56 Å². The van der Waals surface area contributed by atoms with E-state index in [0.29, 0.717) is 11.0 Å². The second kappa shape index (κ2) is 9.47. The van der Waals surface area contributed by atoms with E-state index in [1.54, 1.807) is 12.3 Å². The maximum atomic E-state index is 12.9. The molecule has 3 heterocycles. The molecule has 4 aromatic rings. The van der Waals surface area contributed by atoms with Crippen molar-refractivity contribution in [1.29, 1.82) is 0 Å². The molecule has 2 aromatic heterocycles. The van der Waals surface area contributed by atoms with Crippen LogP contribution in [0, 0.1) is 13.8 Å². The van der Waals surface area contributed by atoms with Gasteiger partial charge in [0.15, 0.2) is 5.43 Å². The topological polar surface area (TPSA) is 69.6 Å². The SMILES string of the molecule is Cc1cc2occ(CCCCN3CCN(c4cccc5[nH]c(=O)ccc45)CC3)c(=O)c2cc1C. The number of hydrogen-bond acceptors (Lipinski definition) is 5. The average Bonchev–Trinajstić information content (AvgIpc) is 2.84. The Balaban J connectivity index is 1.14. The molecule has 0 radical (unpaired) electrons. The number of pyridine rings is 1. The predicted molar refractivity (Wildman–Crippen MR) is 138 cm³/mol. The summed E-state index contributed by atoms with van der Waals surface area (Å²) in [6, 6.07) is 13.5. The van der Waals surface area contributed by atoms with Crippen LogP contribution in [-0.4, -0.2) is 42.6 Å². The van der Waals surface area contributed by atoms with E-state index in [0.717, 1.165) is 79.6 Å². The number of H-pyrrole nitrogens is 1. The van der Waals surface area contributed by atoms with E-state index in [-0.39, 0.29) is 11.0 Å². The van der Waals surface area contributed by atoms with Crippen LogP contribution in [0.3, 0.4) is 0 Å². The number of benzene rings is 2. The molecule has 1 saturated heterocycles. The van der Waals surface area contributed by atoms with Crippen LogP contribution in [0.1, 0.15) is 29.5 Å². The highest BCUT2D eigenvalue weighted by atomic mass is 16.3. The normalized spacial score (nSPS) is 14.8. The number of rotatable bonds is 6. The first-order chi connectivity index (χ1) is 16.5. The first-order valence-electron chi connectivity index (χ1n) is 12.1.